The highest BCUT2D eigenvalue weighted by Crippen LogP contribution is 2.27. The topological polar surface area (TPSA) is 42.1 Å². The third-order valence-electron chi connectivity index (χ3n) is 3.10. The molecular formula is C15H18BrN3. The minimum absolute atomic E-state index is 0.793. The summed E-state index contributed by atoms with van der Waals surface area (Å²) in [6.45, 7) is 5.94. The van der Waals surface area contributed by atoms with Gasteiger partial charge in [0.15, 0.2) is 0 Å². The molecule has 2 aromatic rings. The van der Waals surface area contributed by atoms with Crippen molar-refractivity contribution >= 4 is 27.4 Å². The maximum Gasteiger partial charge on any atom is 0.143 e. The Morgan fingerprint density at radius 2 is 1.89 bits per heavy atom. The molecule has 100 valence electrons. The Morgan fingerprint density at radius 1 is 1.21 bits per heavy atom. The van der Waals surface area contributed by atoms with Crippen LogP contribution >= 0.6 is 15.9 Å². The van der Waals surface area contributed by atoms with Crippen LogP contribution in [-0.2, 0) is 6.54 Å². The molecule has 0 unspecified atom stereocenters. The number of aryl methyl sites for hydroxylation is 1. The van der Waals surface area contributed by atoms with Gasteiger partial charge in [-0.05, 0) is 59.1 Å². The number of anilines is 2. The van der Waals surface area contributed by atoms with Crippen molar-refractivity contribution in [1.82, 2.24) is 4.98 Å². The molecule has 0 spiro atoms. The maximum atomic E-state index is 5.71. The van der Waals surface area contributed by atoms with Crippen LogP contribution in [0.2, 0.25) is 0 Å². The zero-order chi connectivity index (χ0) is 13.8. The summed E-state index contributed by atoms with van der Waals surface area (Å²) in [5.74, 6) is 0.985. The number of pyridine rings is 1. The highest BCUT2D eigenvalue weighted by Gasteiger charge is 2.11. The van der Waals surface area contributed by atoms with Crippen molar-refractivity contribution in [2.75, 3.05) is 17.2 Å². The molecule has 4 heteroatoms. The van der Waals surface area contributed by atoms with Crippen molar-refractivity contribution in [2.24, 2.45) is 0 Å². The molecule has 19 heavy (non-hydrogen) atoms. The fourth-order valence-electron chi connectivity index (χ4n) is 1.93. The van der Waals surface area contributed by atoms with Crippen LogP contribution in [0.4, 0.5) is 11.5 Å². The van der Waals surface area contributed by atoms with Gasteiger partial charge in [-0.25, -0.2) is 4.98 Å². The summed E-state index contributed by atoms with van der Waals surface area (Å²) in [5, 5.41) is 0. The summed E-state index contributed by atoms with van der Waals surface area (Å²) in [6.07, 6.45) is 1.85. The number of nitrogens with two attached hydrogens (primary N) is 1. The zero-order valence-electron chi connectivity index (χ0n) is 11.2. The molecule has 1 aromatic carbocycles. The number of hydrogen-bond donors (Lipinski definition) is 1. The van der Waals surface area contributed by atoms with Gasteiger partial charge < -0.3 is 10.6 Å². The highest BCUT2D eigenvalue weighted by molar-refractivity contribution is 9.10. The van der Waals surface area contributed by atoms with E-state index in [-0.39, 0.29) is 0 Å². The number of nitrogen functional groups attached to an aromatic ring is 1. The van der Waals surface area contributed by atoms with Crippen LogP contribution in [0, 0.1) is 6.92 Å². The van der Waals surface area contributed by atoms with Crippen molar-refractivity contribution < 1.29 is 0 Å². The average molecular weight is 320 g/mol. The van der Waals surface area contributed by atoms with Crippen LogP contribution < -0.4 is 10.6 Å². The Balaban J connectivity index is 2.25. The van der Waals surface area contributed by atoms with E-state index in [1.807, 2.05) is 24.4 Å². The SMILES string of the molecule is CCN(Cc1ccc(N)cc1)c1nccc(C)c1Br. The van der Waals surface area contributed by atoms with Gasteiger partial charge in [0.1, 0.15) is 5.82 Å². The fraction of sp³-hybridized carbons (Fsp3) is 0.267. The van der Waals surface area contributed by atoms with E-state index in [4.69, 9.17) is 5.73 Å². The fourth-order valence-corrected chi connectivity index (χ4v) is 2.41. The second kappa shape index (κ2) is 6.06. The van der Waals surface area contributed by atoms with Crippen molar-refractivity contribution in [3.8, 4) is 0 Å². The average Bonchev–Trinajstić information content (AvgIpc) is 2.42. The van der Waals surface area contributed by atoms with Gasteiger partial charge in [-0.3, -0.25) is 0 Å². The molecule has 0 aliphatic rings. The molecule has 2 N–H and O–H groups in total. The molecule has 0 saturated heterocycles. The summed E-state index contributed by atoms with van der Waals surface area (Å²) in [5.41, 5.74) is 8.93. The molecule has 0 aliphatic carbocycles. The molecule has 0 aliphatic heterocycles. The summed E-state index contributed by atoms with van der Waals surface area (Å²) >= 11 is 3.62. The Morgan fingerprint density at radius 3 is 2.53 bits per heavy atom. The van der Waals surface area contributed by atoms with E-state index in [1.54, 1.807) is 0 Å². The van der Waals surface area contributed by atoms with Crippen LogP contribution in [0.5, 0.6) is 0 Å². The maximum absolute atomic E-state index is 5.71. The number of rotatable bonds is 4. The van der Waals surface area contributed by atoms with Gasteiger partial charge in [0, 0.05) is 25.0 Å². The molecule has 1 aromatic heterocycles. The lowest BCUT2D eigenvalue weighted by Crippen LogP contribution is -2.23. The van der Waals surface area contributed by atoms with E-state index >= 15 is 0 Å². The second-order valence-electron chi connectivity index (χ2n) is 4.52. The second-order valence-corrected chi connectivity index (χ2v) is 5.31. The predicted molar refractivity (Wildman–Crippen MR) is 84.3 cm³/mol. The van der Waals surface area contributed by atoms with Gasteiger partial charge in [0.2, 0.25) is 0 Å². The quantitative estimate of drug-likeness (QED) is 0.872. The van der Waals surface area contributed by atoms with E-state index in [0.717, 1.165) is 29.1 Å². The molecule has 0 amide bonds. The molecule has 0 saturated carbocycles. The number of benzene rings is 1. The Bertz CT molecular complexity index is 552. The van der Waals surface area contributed by atoms with E-state index in [2.05, 4.69) is 51.8 Å². The lowest BCUT2D eigenvalue weighted by atomic mass is 10.2. The zero-order valence-corrected chi connectivity index (χ0v) is 12.8. The van der Waals surface area contributed by atoms with Crippen LogP contribution in [0.1, 0.15) is 18.1 Å². The van der Waals surface area contributed by atoms with Gasteiger partial charge in [0.05, 0.1) is 4.47 Å². The molecular weight excluding hydrogens is 302 g/mol. The van der Waals surface area contributed by atoms with Crippen molar-refractivity contribution in [2.45, 2.75) is 20.4 Å². The first-order valence-electron chi connectivity index (χ1n) is 6.32. The standard InChI is InChI=1S/C15H18BrN3/c1-3-19(10-12-4-6-13(17)7-5-12)15-14(16)11(2)8-9-18-15/h4-9H,3,10,17H2,1-2H3. The van der Waals surface area contributed by atoms with Crippen molar-refractivity contribution in [3.05, 3.63) is 52.1 Å². The van der Waals surface area contributed by atoms with Gasteiger partial charge in [-0.15, -0.1) is 0 Å². The molecule has 1 heterocycles. The lowest BCUT2D eigenvalue weighted by molar-refractivity contribution is 0.810. The van der Waals surface area contributed by atoms with Gasteiger partial charge in [-0.2, -0.15) is 0 Å². The first-order chi connectivity index (χ1) is 9.11. The number of nitrogens with zero attached hydrogens (tertiary/aromatic N) is 2. The van der Waals surface area contributed by atoms with Crippen molar-refractivity contribution in [3.63, 3.8) is 0 Å². The van der Waals surface area contributed by atoms with Gasteiger partial charge >= 0.3 is 0 Å². The molecule has 3 nitrogen and oxygen atoms in total. The normalized spacial score (nSPS) is 10.5. The molecule has 0 fully saturated rings. The third kappa shape index (κ3) is 3.26. The van der Waals surface area contributed by atoms with E-state index in [0.29, 0.717) is 0 Å². The first kappa shape index (κ1) is 13.9. The number of hydrogen-bond acceptors (Lipinski definition) is 3. The molecule has 0 bridgehead atoms. The molecule has 0 radical (unpaired) electrons. The van der Waals surface area contributed by atoms with E-state index < -0.39 is 0 Å². The van der Waals surface area contributed by atoms with Gasteiger partial charge in [-0.1, -0.05) is 12.1 Å². The Labute approximate surface area is 122 Å². The number of halogens is 1. The third-order valence-corrected chi connectivity index (χ3v) is 4.08. The van der Waals surface area contributed by atoms with Crippen LogP contribution in [0.15, 0.2) is 41.0 Å². The summed E-state index contributed by atoms with van der Waals surface area (Å²) in [7, 11) is 0. The largest absolute Gasteiger partial charge is 0.399 e. The predicted octanol–water partition coefficient (Wildman–Crippen LogP) is 3.76. The van der Waals surface area contributed by atoms with Crippen molar-refractivity contribution in [1.29, 1.82) is 0 Å². The van der Waals surface area contributed by atoms with Crippen LogP contribution in [-0.4, -0.2) is 11.5 Å². The number of aromatic nitrogens is 1. The van der Waals surface area contributed by atoms with Gasteiger partial charge in [0.25, 0.3) is 0 Å². The summed E-state index contributed by atoms with van der Waals surface area (Å²) in [4.78, 5) is 6.72. The van der Waals surface area contributed by atoms with Crippen LogP contribution in [0.3, 0.4) is 0 Å². The Hall–Kier alpha value is -1.55. The highest BCUT2D eigenvalue weighted by atomic mass is 79.9. The van der Waals surface area contributed by atoms with Crippen LogP contribution in [0.25, 0.3) is 0 Å². The molecule has 0 atom stereocenters. The lowest BCUT2D eigenvalue weighted by Gasteiger charge is -2.23. The minimum atomic E-state index is 0.793. The Kier molecular flexibility index (Phi) is 4.43. The monoisotopic (exact) mass is 319 g/mol. The smallest absolute Gasteiger partial charge is 0.143 e. The van der Waals surface area contributed by atoms with E-state index in [1.165, 1.54) is 11.1 Å². The van der Waals surface area contributed by atoms with E-state index in [9.17, 15) is 0 Å². The molecule has 2 rings (SSSR count). The minimum Gasteiger partial charge on any atom is -0.399 e. The summed E-state index contributed by atoms with van der Waals surface area (Å²) in [6, 6.07) is 9.98. The first-order valence-corrected chi connectivity index (χ1v) is 7.11. The summed E-state index contributed by atoms with van der Waals surface area (Å²) < 4.78 is 1.06.